The van der Waals surface area contributed by atoms with Gasteiger partial charge in [0.15, 0.2) is 0 Å². The second-order valence-electron chi connectivity index (χ2n) is 5.14. The van der Waals surface area contributed by atoms with Crippen LogP contribution in [-0.4, -0.2) is 10.5 Å². The van der Waals surface area contributed by atoms with E-state index in [9.17, 15) is 4.39 Å². The van der Waals surface area contributed by atoms with Gasteiger partial charge in [-0.25, -0.2) is 4.39 Å². The predicted molar refractivity (Wildman–Crippen MR) is 92.2 cm³/mol. The van der Waals surface area contributed by atoms with Crippen molar-refractivity contribution in [2.24, 2.45) is 0 Å². The van der Waals surface area contributed by atoms with Gasteiger partial charge in [0.2, 0.25) is 0 Å². The van der Waals surface area contributed by atoms with Gasteiger partial charge in [-0.15, -0.1) is 0 Å². The van der Waals surface area contributed by atoms with Gasteiger partial charge in [-0.2, -0.15) is 0 Å². The number of alkyl halides is 1. The highest BCUT2D eigenvalue weighted by molar-refractivity contribution is 14.1. The van der Waals surface area contributed by atoms with Crippen LogP contribution in [0.5, 0.6) is 0 Å². The molecule has 1 atom stereocenters. The van der Waals surface area contributed by atoms with Crippen LogP contribution in [0.1, 0.15) is 17.5 Å². The van der Waals surface area contributed by atoms with E-state index in [1.807, 2.05) is 12.1 Å². The molecule has 0 aromatic heterocycles. The Balaban J connectivity index is 1.97. The highest BCUT2D eigenvalue weighted by Crippen LogP contribution is 2.49. The molecule has 0 N–H and O–H groups in total. The van der Waals surface area contributed by atoms with Crippen molar-refractivity contribution >= 4 is 45.7 Å². The second-order valence-corrected chi connectivity index (χ2v) is 7.11. The summed E-state index contributed by atoms with van der Waals surface area (Å²) in [5.74, 6) is 0.650. The van der Waals surface area contributed by atoms with Gasteiger partial charge in [0.05, 0.1) is 0 Å². The van der Waals surface area contributed by atoms with E-state index in [0.29, 0.717) is 0 Å². The maximum Gasteiger partial charge on any atom is 0.132 e. The van der Waals surface area contributed by atoms with Crippen molar-refractivity contribution in [2.75, 3.05) is 4.43 Å². The summed E-state index contributed by atoms with van der Waals surface area (Å²) in [4.78, 5) is 2.27. The molecule has 1 nitrogen and oxygen atoms in total. The van der Waals surface area contributed by atoms with Gasteiger partial charge in [-0.05, 0) is 29.8 Å². The highest BCUT2D eigenvalue weighted by atomic mass is 127. The van der Waals surface area contributed by atoms with E-state index in [2.05, 4.69) is 40.8 Å². The topological polar surface area (TPSA) is 9.23 Å². The molecule has 4 heteroatoms. The fourth-order valence-corrected chi connectivity index (χ4v) is 4.41. The lowest BCUT2D eigenvalue weighted by Gasteiger charge is -2.13. The molecule has 0 saturated carbocycles. The number of hydrogen-bond acceptors (Lipinski definition) is 2. The monoisotopic (exact) mass is 410 g/mol. The lowest BCUT2D eigenvalue weighted by Crippen LogP contribution is -2.07. The Morgan fingerprint density at radius 2 is 1.95 bits per heavy atom. The third-order valence-electron chi connectivity index (χ3n) is 3.78. The minimum atomic E-state index is -0.214. The minimum absolute atomic E-state index is 0.183. The summed E-state index contributed by atoms with van der Waals surface area (Å²) in [5, 5.41) is 0. The van der Waals surface area contributed by atoms with Crippen LogP contribution < -0.4 is 0 Å². The molecule has 1 unspecified atom stereocenters. The van der Waals surface area contributed by atoms with Crippen LogP contribution in [0.4, 0.5) is 4.39 Å². The van der Waals surface area contributed by atoms with Crippen LogP contribution in [-0.2, 0) is 4.74 Å². The molecule has 0 spiro atoms. The molecule has 2 aromatic carbocycles. The average molecular weight is 410 g/mol. The Hall–Kier alpha value is -1.01. The quantitative estimate of drug-likeness (QED) is 0.461. The van der Waals surface area contributed by atoms with Crippen molar-refractivity contribution in [1.82, 2.24) is 0 Å². The zero-order valence-electron chi connectivity index (χ0n) is 11.1. The first-order valence-corrected chi connectivity index (χ1v) is 9.13. The zero-order chi connectivity index (χ0) is 14.4. The third-order valence-corrected chi connectivity index (χ3v) is 5.92. The van der Waals surface area contributed by atoms with Crippen molar-refractivity contribution < 1.29 is 9.13 Å². The van der Waals surface area contributed by atoms with Crippen molar-refractivity contribution in [3.05, 3.63) is 59.4 Å². The van der Waals surface area contributed by atoms with E-state index >= 15 is 0 Å². The van der Waals surface area contributed by atoms with Gasteiger partial charge in [-0.3, -0.25) is 0 Å². The van der Waals surface area contributed by atoms with Gasteiger partial charge in [0.1, 0.15) is 17.7 Å². The first kappa shape index (κ1) is 13.6. The summed E-state index contributed by atoms with van der Waals surface area (Å²) < 4.78 is 20.8. The van der Waals surface area contributed by atoms with Gasteiger partial charge in [0, 0.05) is 31.8 Å². The Kier molecular flexibility index (Phi) is 3.46. The van der Waals surface area contributed by atoms with Crippen LogP contribution >= 0.6 is 34.4 Å². The number of rotatable bonds is 1. The molecule has 0 amide bonds. The molecule has 4 rings (SSSR count). The fraction of sp³-hybridized carbons (Fsp3) is 0.176. The molecule has 0 aliphatic carbocycles. The number of halogens is 2. The number of ether oxygens (including phenoxy) is 1. The summed E-state index contributed by atoms with van der Waals surface area (Å²) in [6, 6.07) is 13.3. The molecule has 2 aliphatic heterocycles. The number of benzene rings is 2. The van der Waals surface area contributed by atoms with Crippen LogP contribution in [0.15, 0.2) is 52.3 Å². The van der Waals surface area contributed by atoms with Crippen molar-refractivity contribution in [3.8, 4) is 0 Å². The SMILES string of the molecule is Fc1ccc2c(c1)C1=C(CC(CI)O1)c1ccccc1S2. The predicted octanol–water partition coefficient (Wildman–Crippen LogP) is 5.38. The first-order chi connectivity index (χ1) is 10.3. The van der Waals surface area contributed by atoms with E-state index < -0.39 is 0 Å². The number of hydrogen-bond donors (Lipinski definition) is 0. The maximum absolute atomic E-state index is 13.7. The average Bonchev–Trinajstić information content (AvgIpc) is 2.89. The fourth-order valence-electron chi connectivity index (χ4n) is 2.84. The highest BCUT2D eigenvalue weighted by Gasteiger charge is 2.32. The Morgan fingerprint density at radius 3 is 2.81 bits per heavy atom. The van der Waals surface area contributed by atoms with Gasteiger partial charge >= 0.3 is 0 Å². The lowest BCUT2D eigenvalue weighted by molar-refractivity contribution is 0.217. The standard InChI is InChI=1S/C17H12FIOS/c18-10-5-6-16-14(7-10)17-13(8-11(9-19)20-17)12-3-1-2-4-15(12)21-16/h1-7,11H,8-9H2. The summed E-state index contributed by atoms with van der Waals surface area (Å²) in [5.41, 5.74) is 3.32. The van der Waals surface area contributed by atoms with E-state index in [4.69, 9.17) is 4.74 Å². The molecular formula is C17H12FIOS. The van der Waals surface area contributed by atoms with E-state index in [1.165, 1.54) is 22.1 Å². The second kappa shape index (κ2) is 5.32. The van der Waals surface area contributed by atoms with Gasteiger partial charge < -0.3 is 4.74 Å². The third kappa shape index (κ3) is 2.28. The molecule has 0 radical (unpaired) electrons. The molecular weight excluding hydrogens is 398 g/mol. The maximum atomic E-state index is 13.7. The molecule has 106 valence electrons. The van der Waals surface area contributed by atoms with E-state index in [1.54, 1.807) is 17.8 Å². The van der Waals surface area contributed by atoms with Crippen molar-refractivity contribution in [2.45, 2.75) is 22.3 Å². The summed E-state index contributed by atoms with van der Waals surface area (Å²) in [6.45, 7) is 0. The molecule has 0 fully saturated rings. The Labute approximate surface area is 140 Å². The van der Waals surface area contributed by atoms with Gasteiger partial charge in [-0.1, -0.05) is 52.6 Å². The smallest absolute Gasteiger partial charge is 0.132 e. The number of fused-ring (bicyclic) bond motifs is 4. The van der Waals surface area contributed by atoms with Crippen LogP contribution in [0, 0.1) is 5.82 Å². The van der Waals surface area contributed by atoms with E-state index in [0.717, 1.165) is 27.1 Å². The summed E-state index contributed by atoms with van der Waals surface area (Å²) >= 11 is 4.03. The van der Waals surface area contributed by atoms with Crippen LogP contribution in [0.25, 0.3) is 11.3 Å². The minimum Gasteiger partial charge on any atom is -0.488 e. The largest absolute Gasteiger partial charge is 0.488 e. The Morgan fingerprint density at radius 1 is 1.14 bits per heavy atom. The van der Waals surface area contributed by atoms with Crippen molar-refractivity contribution in [3.63, 3.8) is 0 Å². The van der Waals surface area contributed by atoms with Crippen LogP contribution in [0.2, 0.25) is 0 Å². The first-order valence-electron chi connectivity index (χ1n) is 6.79. The summed E-state index contributed by atoms with van der Waals surface area (Å²) in [7, 11) is 0. The molecule has 2 aromatic rings. The molecule has 2 heterocycles. The zero-order valence-corrected chi connectivity index (χ0v) is 14.1. The van der Waals surface area contributed by atoms with Crippen molar-refractivity contribution in [1.29, 1.82) is 0 Å². The molecule has 21 heavy (non-hydrogen) atoms. The van der Waals surface area contributed by atoms with Crippen LogP contribution in [0.3, 0.4) is 0 Å². The Bertz CT molecular complexity index is 756. The lowest BCUT2D eigenvalue weighted by atomic mass is 9.99. The van der Waals surface area contributed by atoms with E-state index in [-0.39, 0.29) is 11.9 Å². The van der Waals surface area contributed by atoms with Gasteiger partial charge in [0.25, 0.3) is 0 Å². The molecule has 2 aliphatic rings. The normalized spacial score (nSPS) is 19.4. The summed E-state index contributed by atoms with van der Waals surface area (Å²) in [6.07, 6.45) is 1.08. The molecule has 0 saturated heterocycles. The molecule has 0 bridgehead atoms.